The van der Waals surface area contributed by atoms with Crippen molar-refractivity contribution >= 4 is 17.5 Å². The predicted octanol–water partition coefficient (Wildman–Crippen LogP) is 3.73. The first-order valence-electron chi connectivity index (χ1n) is 10.4. The van der Waals surface area contributed by atoms with E-state index >= 15 is 0 Å². The second-order valence-electron chi connectivity index (χ2n) is 8.07. The predicted molar refractivity (Wildman–Crippen MR) is 115 cm³/mol. The van der Waals surface area contributed by atoms with E-state index in [4.69, 9.17) is 4.74 Å². The van der Waals surface area contributed by atoms with Crippen LogP contribution in [0.5, 0.6) is 5.75 Å². The highest BCUT2D eigenvalue weighted by molar-refractivity contribution is 5.76. The number of aromatic nitrogens is 2. The number of hydrogen-bond acceptors (Lipinski definition) is 6. The van der Waals surface area contributed by atoms with Crippen molar-refractivity contribution in [2.75, 3.05) is 36.0 Å². The Labute approximate surface area is 176 Å². The molecule has 0 saturated carbocycles. The first-order valence-corrected chi connectivity index (χ1v) is 10.4. The van der Waals surface area contributed by atoms with Crippen molar-refractivity contribution in [1.82, 2.24) is 9.97 Å². The fourth-order valence-corrected chi connectivity index (χ4v) is 4.00. The molecule has 6 nitrogen and oxygen atoms in total. The number of nitrogens with zero attached hydrogens (tertiary/aromatic N) is 4. The minimum atomic E-state index is -0.407. The Morgan fingerprint density at radius 1 is 1.23 bits per heavy atom. The zero-order valence-corrected chi connectivity index (χ0v) is 17.4. The van der Waals surface area contributed by atoms with E-state index in [9.17, 15) is 9.18 Å². The fraction of sp³-hybridized carbons (Fsp3) is 0.435. The molecular formula is C23H27FN4O2. The van der Waals surface area contributed by atoms with Gasteiger partial charge in [0, 0.05) is 32.5 Å². The molecule has 0 N–H and O–H groups in total. The van der Waals surface area contributed by atoms with Crippen molar-refractivity contribution in [1.29, 1.82) is 0 Å². The van der Waals surface area contributed by atoms with Gasteiger partial charge in [0.2, 0.25) is 5.95 Å². The van der Waals surface area contributed by atoms with E-state index in [1.165, 1.54) is 6.20 Å². The molecule has 4 rings (SSSR count). The Morgan fingerprint density at radius 2 is 1.97 bits per heavy atom. The number of halogens is 1. The van der Waals surface area contributed by atoms with Crippen LogP contribution in [0.4, 0.5) is 16.2 Å². The van der Waals surface area contributed by atoms with Gasteiger partial charge in [-0.1, -0.05) is 31.2 Å². The van der Waals surface area contributed by atoms with Gasteiger partial charge in [0.15, 0.2) is 11.6 Å². The van der Waals surface area contributed by atoms with Gasteiger partial charge in [0.1, 0.15) is 17.6 Å². The highest BCUT2D eigenvalue weighted by Crippen LogP contribution is 2.27. The van der Waals surface area contributed by atoms with Crippen LogP contribution < -0.4 is 14.5 Å². The lowest BCUT2D eigenvalue weighted by Gasteiger charge is -2.21. The lowest BCUT2D eigenvalue weighted by molar-refractivity contribution is -0.117. The third-order valence-electron chi connectivity index (χ3n) is 5.60. The highest BCUT2D eigenvalue weighted by atomic mass is 19.1. The first kappa shape index (κ1) is 20.3. The summed E-state index contributed by atoms with van der Waals surface area (Å²) in [4.78, 5) is 23.9. The summed E-state index contributed by atoms with van der Waals surface area (Å²) in [7, 11) is 0. The molecule has 2 aliphatic rings. The third-order valence-corrected chi connectivity index (χ3v) is 5.60. The van der Waals surface area contributed by atoms with Gasteiger partial charge >= 0.3 is 0 Å². The molecule has 0 bridgehead atoms. The van der Waals surface area contributed by atoms with Crippen molar-refractivity contribution in [3.05, 3.63) is 54.0 Å². The highest BCUT2D eigenvalue weighted by Gasteiger charge is 2.28. The van der Waals surface area contributed by atoms with E-state index in [2.05, 4.69) is 29.0 Å². The second kappa shape index (κ2) is 8.81. The van der Waals surface area contributed by atoms with E-state index in [1.54, 1.807) is 6.92 Å². The molecule has 1 aromatic carbocycles. The Balaban J connectivity index is 1.38. The monoisotopic (exact) mass is 410 g/mol. The molecule has 2 atom stereocenters. The summed E-state index contributed by atoms with van der Waals surface area (Å²) in [5.74, 6) is 1.65. The average Bonchev–Trinajstić information content (AvgIpc) is 3.41. The van der Waals surface area contributed by atoms with Crippen LogP contribution in [-0.2, 0) is 4.79 Å². The topological polar surface area (TPSA) is 58.6 Å². The van der Waals surface area contributed by atoms with Gasteiger partial charge in [0.05, 0.1) is 12.7 Å². The quantitative estimate of drug-likeness (QED) is 0.649. The summed E-state index contributed by atoms with van der Waals surface area (Å²) in [5.41, 5.74) is 1.12. The van der Waals surface area contributed by atoms with Gasteiger partial charge in [-0.15, -0.1) is 0 Å². The van der Waals surface area contributed by atoms with Gasteiger partial charge in [-0.25, -0.2) is 9.37 Å². The molecule has 2 aromatic rings. The van der Waals surface area contributed by atoms with E-state index in [0.717, 1.165) is 30.8 Å². The van der Waals surface area contributed by atoms with Crippen molar-refractivity contribution in [2.45, 2.75) is 38.7 Å². The van der Waals surface area contributed by atoms with E-state index in [1.807, 2.05) is 34.1 Å². The lowest BCUT2D eigenvalue weighted by atomic mass is 9.96. The standard InChI is InChI=1S/C23H27FN4O2/c1-16(13-17(2)29)18-5-7-19(8-6-18)30-20-9-12-28(15-20)22-21(24)14-25-23(26-22)27-10-3-4-11-27/h3-8,14,16,20H,9-13,15H2,1-2H3/t16-,20-/m1/s1. The average molecular weight is 410 g/mol. The smallest absolute Gasteiger partial charge is 0.228 e. The SMILES string of the molecule is CC(=O)C[C@@H](C)c1ccc(O[C@@H]2CCN(c3nc(N4CC=CC4)ncc3F)C2)cc1. The molecule has 158 valence electrons. The van der Waals surface area contributed by atoms with Crippen LogP contribution in [-0.4, -0.2) is 48.0 Å². The Kier molecular flexibility index (Phi) is 5.97. The molecule has 0 amide bonds. The fourth-order valence-electron chi connectivity index (χ4n) is 4.00. The number of Topliss-reactive ketones (excluding diaryl/α,β-unsaturated/α-hetero) is 1. The molecule has 0 spiro atoms. The number of anilines is 2. The van der Waals surface area contributed by atoms with Crippen LogP contribution in [0.3, 0.4) is 0 Å². The maximum Gasteiger partial charge on any atom is 0.228 e. The number of ether oxygens (including phenoxy) is 1. The van der Waals surface area contributed by atoms with Crippen molar-refractivity contribution < 1.29 is 13.9 Å². The Morgan fingerprint density at radius 3 is 2.67 bits per heavy atom. The minimum Gasteiger partial charge on any atom is -0.489 e. The Hall–Kier alpha value is -2.96. The Bertz CT molecular complexity index is 923. The summed E-state index contributed by atoms with van der Waals surface area (Å²) in [6, 6.07) is 7.91. The van der Waals surface area contributed by atoms with Crippen molar-refractivity contribution in [2.24, 2.45) is 0 Å². The lowest BCUT2D eigenvalue weighted by Crippen LogP contribution is -2.28. The number of rotatable bonds is 7. The summed E-state index contributed by atoms with van der Waals surface area (Å²) < 4.78 is 20.5. The van der Waals surface area contributed by atoms with E-state index in [-0.39, 0.29) is 17.8 Å². The minimum absolute atomic E-state index is 0.0308. The maximum atomic E-state index is 14.4. The van der Waals surface area contributed by atoms with Gasteiger partial charge in [0.25, 0.3) is 0 Å². The van der Waals surface area contributed by atoms with Gasteiger partial charge in [-0.2, -0.15) is 4.98 Å². The normalized spacial score (nSPS) is 19.4. The van der Waals surface area contributed by atoms with Gasteiger partial charge < -0.3 is 19.3 Å². The number of benzene rings is 1. The number of ketones is 1. The molecule has 0 radical (unpaired) electrons. The van der Waals surface area contributed by atoms with E-state index in [0.29, 0.717) is 31.3 Å². The van der Waals surface area contributed by atoms with Crippen LogP contribution >= 0.6 is 0 Å². The third kappa shape index (κ3) is 4.61. The van der Waals surface area contributed by atoms with Gasteiger partial charge in [-0.3, -0.25) is 0 Å². The first-order chi connectivity index (χ1) is 14.5. The van der Waals surface area contributed by atoms with Crippen molar-refractivity contribution in [3.63, 3.8) is 0 Å². The summed E-state index contributed by atoms with van der Waals surface area (Å²) in [6.07, 6.45) is 6.67. The molecule has 0 aliphatic carbocycles. The van der Waals surface area contributed by atoms with E-state index < -0.39 is 5.82 Å². The number of carbonyl (C=O) groups excluding carboxylic acids is 1. The second-order valence-corrected chi connectivity index (χ2v) is 8.07. The molecule has 1 aromatic heterocycles. The molecule has 3 heterocycles. The summed E-state index contributed by atoms with van der Waals surface area (Å²) >= 11 is 0. The van der Waals surface area contributed by atoms with Crippen LogP contribution in [0.2, 0.25) is 0 Å². The molecule has 30 heavy (non-hydrogen) atoms. The molecule has 2 aliphatic heterocycles. The summed E-state index contributed by atoms with van der Waals surface area (Å²) in [6.45, 7) is 6.42. The summed E-state index contributed by atoms with van der Waals surface area (Å²) in [5, 5.41) is 0. The zero-order valence-electron chi connectivity index (χ0n) is 17.4. The largest absolute Gasteiger partial charge is 0.489 e. The molecule has 7 heteroatoms. The maximum absolute atomic E-state index is 14.4. The molecule has 0 unspecified atom stereocenters. The van der Waals surface area contributed by atoms with Crippen LogP contribution in [0.1, 0.15) is 38.2 Å². The van der Waals surface area contributed by atoms with Crippen LogP contribution in [0, 0.1) is 5.82 Å². The zero-order chi connectivity index (χ0) is 21.1. The van der Waals surface area contributed by atoms with Gasteiger partial charge in [-0.05, 0) is 30.5 Å². The van der Waals surface area contributed by atoms with Crippen molar-refractivity contribution in [3.8, 4) is 5.75 Å². The number of carbonyl (C=O) groups is 1. The molecular weight excluding hydrogens is 383 g/mol. The van der Waals surface area contributed by atoms with Crippen LogP contribution in [0.15, 0.2) is 42.6 Å². The molecule has 1 fully saturated rings. The molecule has 1 saturated heterocycles. The number of hydrogen-bond donors (Lipinski definition) is 0. The van der Waals surface area contributed by atoms with Crippen LogP contribution in [0.25, 0.3) is 0 Å².